The highest BCUT2D eigenvalue weighted by atomic mass is 32.2. The predicted octanol–water partition coefficient (Wildman–Crippen LogP) is 7.59. The van der Waals surface area contributed by atoms with E-state index in [-0.39, 0.29) is 5.76 Å². The van der Waals surface area contributed by atoms with E-state index < -0.39 is 7.82 Å². The molecule has 1 aliphatic heterocycles. The van der Waals surface area contributed by atoms with Crippen LogP contribution in [0.2, 0.25) is 0 Å². The number of aryl methyl sites for hydroxylation is 1. The highest BCUT2D eigenvalue weighted by Crippen LogP contribution is 2.52. The third-order valence-corrected chi connectivity index (χ3v) is 7.37. The Labute approximate surface area is 199 Å². The molecule has 3 aromatic carbocycles. The molecule has 0 fully saturated rings. The van der Waals surface area contributed by atoms with Gasteiger partial charge in [-0.15, -0.1) is 0 Å². The van der Waals surface area contributed by atoms with Gasteiger partial charge in [0.25, 0.3) is 0 Å². The molecule has 1 heterocycles. The van der Waals surface area contributed by atoms with E-state index in [4.69, 9.17) is 13.8 Å². The second-order valence-corrected chi connectivity index (χ2v) is 10.1. The summed E-state index contributed by atoms with van der Waals surface area (Å²) in [7, 11) is -2.86. The summed E-state index contributed by atoms with van der Waals surface area (Å²) in [4.78, 5) is 12.5. The number of benzene rings is 3. The first kappa shape index (κ1) is 23.5. The summed E-state index contributed by atoms with van der Waals surface area (Å²) in [6.07, 6.45) is 6.01. The smallest absolute Gasteiger partial charge is 0.496 e. The number of methoxy groups -OCH3 is 1. The van der Waals surface area contributed by atoms with Gasteiger partial charge in [-0.3, -0.25) is 4.89 Å². The molecule has 0 aliphatic carbocycles. The molecule has 0 radical (unpaired) electrons. The van der Waals surface area contributed by atoms with Crippen molar-refractivity contribution in [3.8, 4) is 11.5 Å². The van der Waals surface area contributed by atoms with Crippen molar-refractivity contribution in [2.75, 3.05) is 7.11 Å². The predicted molar refractivity (Wildman–Crippen MR) is 133 cm³/mol. The maximum atomic E-state index is 13.0. The van der Waals surface area contributed by atoms with E-state index in [9.17, 15) is 9.46 Å². The van der Waals surface area contributed by atoms with E-state index >= 15 is 0 Å². The summed E-state index contributed by atoms with van der Waals surface area (Å²) in [6.45, 7) is 2.16. The Morgan fingerprint density at radius 2 is 1.79 bits per heavy atom. The second-order valence-electron chi connectivity index (χ2n) is 7.74. The number of hydrogen-bond acceptors (Lipinski definition) is 5. The molecular weight excluding hydrogens is 455 g/mol. The van der Waals surface area contributed by atoms with Crippen molar-refractivity contribution in [3.63, 3.8) is 0 Å². The maximum Gasteiger partial charge on any atom is 0.584 e. The number of unbranched alkanes of at least 4 members (excludes halogenated alkanes) is 2. The molecular formula is C26H27O5PS. The fourth-order valence-corrected chi connectivity index (χ4v) is 5.64. The summed E-state index contributed by atoms with van der Waals surface area (Å²) in [5.74, 6) is 1.23. The third-order valence-electron chi connectivity index (χ3n) is 5.28. The van der Waals surface area contributed by atoms with Crippen molar-refractivity contribution in [1.82, 2.24) is 0 Å². The first-order valence-electron chi connectivity index (χ1n) is 11.0. The van der Waals surface area contributed by atoms with Crippen LogP contribution in [0.1, 0.15) is 42.9 Å². The molecule has 33 heavy (non-hydrogen) atoms. The van der Waals surface area contributed by atoms with E-state index in [1.165, 1.54) is 11.8 Å². The largest absolute Gasteiger partial charge is 0.584 e. The lowest BCUT2D eigenvalue weighted by Crippen LogP contribution is -1.99. The molecule has 0 spiro atoms. The van der Waals surface area contributed by atoms with Gasteiger partial charge in [0.15, 0.2) is 0 Å². The summed E-state index contributed by atoms with van der Waals surface area (Å²) in [5, 5.41) is 0. The van der Waals surface area contributed by atoms with Gasteiger partial charge in [-0.1, -0.05) is 67.9 Å². The Morgan fingerprint density at radius 1 is 0.970 bits per heavy atom. The van der Waals surface area contributed by atoms with Crippen LogP contribution in [0.4, 0.5) is 0 Å². The van der Waals surface area contributed by atoms with Gasteiger partial charge in [-0.25, -0.2) is 4.57 Å². The van der Waals surface area contributed by atoms with E-state index in [0.717, 1.165) is 46.6 Å². The van der Waals surface area contributed by atoms with Gasteiger partial charge in [0, 0.05) is 10.5 Å². The van der Waals surface area contributed by atoms with Gasteiger partial charge < -0.3 is 13.8 Å². The molecule has 0 saturated carbocycles. The molecule has 0 amide bonds. The molecule has 3 aromatic rings. The van der Waals surface area contributed by atoms with Crippen LogP contribution in [0.15, 0.2) is 76.5 Å². The first-order valence-corrected chi connectivity index (χ1v) is 13.3. The SMILES string of the molecule is CCCCCc1cccc(OP(=O)(O)OC2=Cc3ccccc3Sc3c(OC)cccc32)c1. The summed E-state index contributed by atoms with van der Waals surface area (Å²) >= 11 is 1.53. The average molecular weight is 483 g/mol. The Kier molecular flexibility index (Phi) is 7.49. The number of phosphoric ester groups is 1. The number of phosphoric acid groups is 1. The molecule has 0 saturated heterocycles. The van der Waals surface area contributed by atoms with E-state index in [1.807, 2.05) is 54.6 Å². The van der Waals surface area contributed by atoms with E-state index in [1.54, 1.807) is 25.3 Å². The molecule has 4 rings (SSSR count). The minimum atomic E-state index is -4.46. The van der Waals surface area contributed by atoms with Crippen LogP contribution in [0.5, 0.6) is 11.5 Å². The Bertz CT molecular complexity index is 1210. The van der Waals surface area contributed by atoms with Crippen LogP contribution in [0, 0.1) is 0 Å². The van der Waals surface area contributed by atoms with Crippen molar-refractivity contribution in [3.05, 3.63) is 83.4 Å². The van der Waals surface area contributed by atoms with Crippen LogP contribution < -0.4 is 9.26 Å². The summed E-state index contributed by atoms with van der Waals surface area (Å²) in [6, 6.07) is 20.6. The van der Waals surface area contributed by atoms with Crippen molar-refractivity contribution in [2.24, 2.45) is 0 Å². The van der Waals surface area contributed by atoms with E-state index in [2.05, 4.69) is 6.92 Å². The minimum absolute atomic E-state index is 0.256. The lowest BCUT2D eigenvalue weighted by atomic mass is 10.1. The molecule has 1 atom stereocenters. The average Bonchev–Trinajstić information content (AvgIpc) is 2.95. The quantitative estimate of drug-likeness (QED) is 0.250. The van der Waals surface area contributed by atoms with Crippen molar-refractivity contribution in [1.29, 1.82) is 0 Å². The third kappa shape index (κ3) is 5.83. The topological polar surface area (TPSA) is 65.0 Å². The number of ether oxygens (including phenoxy) is 1. The van der Waals surface area contributed by atoms with Gasteiger partial charge in [-0.05, 0) is 60.4 Å². The molecule has 0 bridgehead atoms. The molecule has 1 unspecified atom stereocenters. The van der Waals surface area contributed by atoms with Crippen LogP contribution >= 0.6 is 19.6 Å². The van der Waals surface area contributed by atoms with Crippen LogP contribution in [0.25, 0.3) is 11.8 Å². The number of rotatable bonds is 9. The van der Waals surface area contributed by atoms with Crippen LogP contribution in [-0.2, 0) is 15.5 Å². The van der Waals surface area contributed by atoms with Crippen molar-refractivity contribution in [2.45, 2.75) is 42.4 Å². The highest BCUT2D eigenvalue weighted by molar-refractivity contribution is 7.99. The van der Waals surface area contributed by atoms with Gasteiger partial charge >= 0.3 is 7.82 Å². The lowest BCUT2D eigenvalue weighted by Gasteiger charge is -2.18. The number of fused-ring (bicyclic) bond motifs is 2. The zero-order valence-electron chi connectivity index (χ0n) is 18.7. The molecule has 5 nitrogen and oxygen atoms in total. The van der Waals surface area contributed by atoms with Gasteiger partial charge in [0.1, 0.15) is 17.3 Å². The van der Waals surface area contributed by atoms with Gasteiger partial charge in [-0.2, -0.15) is 0 Å². The minimum Gasteiger partial charge on any atom is -0.496 e. The Hall–Kier alpha value is -2.66. The zero-order chi connectivity index (χ0) is 23.3. The molecule has 7 heteroatoms. The Balaban J connectivity index is 1.63. The Morgan fingerprint density at radius 3 is 2.61 bits per heavy atom. The van der Waals surface area contributed by atoms with Gasteiger partial charge in [0.05, 0.1) is 12.0 Å². The second kappa shape index (κ2) is 10.5. The zero-order valence-corrected chi connectivity index (χ0v) is 20.4. The fourth-order valence-electron chi connectivity index (χ4n) is 3.69. The van der Waals surface area contributed by atoms with Crippen molar-refractivity contribution >= 4 is 31.4 Å². The molecule has 0 aromatic heterocycles. The maximum absolute atomic E-state index is 13.0. The standard InChI is InChI=1S/C26H27O5PS/c1-3-4-5-10-19-11-8-13-21(17-19)30-32(27,28)31-24-18-20-12-6-7-16-25(20)33-26-22(24)14-9-15-23(26)29-2/h6-9,11-18H,3-5,10H2,1-2H3,(H,27,28). The summed E-state index contributed by atoms with van der Waals surface area (Å²) in [5.41, 5.74) is 2.62. The fraction of sp³-hybridized carbons (Fsp3) is 0.231. The number of hydrogen-bond donors (Lipinski definition) is 1. The van der Waals surface area contributed by atoms with Gasteiger partial charge in [0.2, 0.25) is 0 Å². The monoisotopic (exact) mass is 482 g/mol. The molecule has 1 N–H and O–H groups in total. The first-order chi connectivity index (χ1) is 16.0. The van der Waals surface area contributed by atoms with Crippen LogP contribution in [-0.4, -0.2) is 12.0 Å². The van der Waals surface area contributed by atoms with Crippen molar-refractivity contribution < 1.29 is 23.2 Å². The van der Waals surface area contributed by atoms with E-state index in [0.29, 0.717) is 17.1 Å². The normalized spacial score (nSPS) is 14.2. The molecule has 172 valence electrons. The lowest BCUT2D eigenvalue weighted by molar-refractivity contribution is 0.277. The highest BCUT2D eigenvalue weighted by Gasteiger charge is 2.30. The summed E-state index contributed by atoms with van der Waals surface area (Å²) < 4.78 is 29.7. The molecule has 1 aliphatic rings. The van der Waals surface area contributed by atoms with Crippen LogP contribution in [0.3, 0.4) is 0 Å².